The second-order valence-corrected chi connectivity index (χ2v) is 7.20. The lowest BCUT2D eigenvalue weighted by Gasteiger charge is -2.12. The van der Waals surface area contributed by atoms with Crippen LogP contribution < -0.4 is 19.8 Å². The van der Waals surface area contributed by atoms with Crippen molar-refractivity contribution in [2.75, 3.05) is 21.3 Å². The predicted octanol–water partition coefficient (Wildman–Crippen LogP) is 3.69. The maximum absolute atomic E-state index is 12.5. The van der Waals surface area contributed by atoms with Gasteiger partial charge in [-0.15, -0.1) is 11.3 Å². The van der Waals surface area contributed by atoms with Gasteiger partial charge in [0.25, 0.3) is 5.56 Å². The van der Waals surface area contributed by atoms with E-state index in [1.165, 1.54) is 32.7 Å². The molecule has 1 N–H and O–H groups in total. The fourth-order valence-electron chi connectivity index (χ4n) is 2.86. The first-order chi connectivity index (χ1) is 13.4. The number of nitrogens with zero attached hydrogens (tertiary/aromatic N) is 2. The summed E-state index contributed by atoms with van der Waals surface area (Å²) in [6, 6.07) is 5.47. The van der Waals surface area contributed by atoms with Crippen LogP contribution in [-0.4, -0.2) is 31.3 Å². The smallest absolute Gasteiger partial charge is 0.260 e. The molecule has 1 aromatic carbocycles. The standard InChI is InChI=1S/C20H19N3O4S/c1-10-11(2)28-20-17(10)19(24)22-18(23-20)13(9-21)6-12-7-15(26-4)16(27-5)8-14(12)25-3/h6-8H,1-5H3,(H,22,23,24)/b13-6+. The van der Waals surface area contributed by atoms with Crippen molar-refractivity contribution in [2.45, 2.75) is 13.8 Å². The number of fused-ring (bicyclic) bond motifs is 1. The first kappa shape index (κ1) is 19.5. The van der Waals surface area contributed by atoms with Crippen molar-refractivity contribution in [3.63, 3.8) is 0 Å². The first-order valence-corrected chi connectivity index (χ1v) is 9.17. The van der Waals surface area contributed by atoms with E-state index in [0.717, 1.165) is 10.4 Å². The minimum Gasteiger partial charge on any atom is -0.496 e. The Labute approximate surface area is 165 Å². The van der Waals surface area contributed by atoms with Gasteiger partial charge < -0.3 is 19.2 Å². The summed E-state index contributed by atoms with van der Waals surface area (Å²) in [6.45, 7) is 3.83. The topological polar surface area (TPSA) is 97.2 Å². The van der Waals surface area contributed by atoms with Crippen molar-refractivity contribution in [2.24, 2.45) is 0 Å². The number of hydrogen-bond acceptors (Lipinski definition) is 7. The van der Waals surface area contributed by atoms with Crippen LogP contribution in [0.25, 0.3) is 21.9 Å². The van der Waals surface area contributed by atoms with Gasteiger partial charge in [-0.3, -0.25) is 4.79 Å². The molecule has 2 aromatic heterocycles. The second kappa shape index (κ2) is 7.74. The normalized spacial score (nSPS) is 11.4. The summed E-state index contributed by atoms with van der Waals surface area (Å²) in [6.07, 6.45) is 1.60. The molecule has 2 heterocycles. The highest BCUT2D eigenvalue weighted by Gasteiger charge is 2.16. The molecule has 0 amide bonds. The van der Waals surface area contributed by atoms with Crippen molar-refractivity contribution in [3.8, 4) is 23.3 Å². The van der Waals surface area contributed by atoms with Crippen molar-refractivity contribution < 1.29 is 14.2 Å². The van der Waals surface area contributed by atoms with Crippen LogP contribution in [0.3, 0.4) is 0 Å². The number of aryl methyl sites for hydroxylation is 2. The number of thiophene rings is 1. The molecule has 0 atom stereocenters. The SMILES string of the molecule is COc1cc(OC)c(OC)cc1/C=C(\C#N)c1nc2sc(C)c(C)c2c(=O)[nH]1. The van der Waals surface area contributed by atoms with Crippen LogP contribution >= 0.6 is 11.3 Å². The monoisotopic (exact) mass is 397 g/mol. The maximum Gasteiger partial charge on any atom is 0.260 e. The first-order valence-electron chi connectivity index (χ1n) is 8.35. The number of H-pyrrole nitrogens is 1. The number of hydrogen-bond donors (Lipinski definition) is 1. The second-order valence-electron chi connectivity index (χ2n) is 6.00. The molecule has 7 nitrogen and oxygen atoms in total. The van der Waals surface area contributed by atoms with E-state index >= 15 is 0 Å². The molecule has 3 aromatic rings. The van der Waals surface area contributed by atoms with Gasteiger partial charge in [0, 0.05) is 16.5 Å². The van der Waals surface area contributed by atoms with E-state index in [-0.39, 0.29) is 17.0 Å². The maximum atomic E-state index is 12.5. The quantitative estimate of drug-likeness (QED) is 0.660. The number of benzene rings is 1. The number of methoxy groups -OCH3 is 3. The Balaban J connectivity index is 2.19. The van der Waals surface area contributed by atoms with Gasteiger partial charge in [0.05, 0.1) is 32.3 Å². The molecule has 0 unspecified atom stereocenters. The van der Waals surface area contributed by atoms with Gasteiger partial charge in [0.1, 0.15) is 16.6 Å². The number of rotatable bonds is 5. The molecular formula is C20H19N3O4S. The van der Waals surface area contributed by atoms with Crippen molar-refractivity contribution >= 4 is 33.2 Å². The largest absolute Gasteiger partial charge is 0.496 e. The average Bonchev–Trinajstić information content (AvgIpc) is 2.99. The van der Waals surface area contributed by atoms with Crippen molar-refractivity contribution in [1.29, 1.82) is 5.26 Å². The van der Waals surface area contributed by atoms with Crippen LogP contribution in [0.5, 0.6) is 17.2 Å². The molecule has 0 spiro atoms. The van der Waals surface area contributed by atoms with Gasteiger partial charge in [0.2, 0.25) is 0 Å². The van der Waals surface area contributed by atoms with Crippen molar-refractivity contribution in [1.82, 2.24) is 9.97 Å². The number of allylic oxidation sites excluding steroid dienone is 1. The Morgan fingerprint density at radius 1 is 1.14 bits per heavy atom. The molecule has 0 saturated carbocycles. The molecule has 144 valence electrons. The van der Waals surface area contributed by atoms with Crippen LogP contribution in [0.2, 0.25) is 0 Å². The number of ether oxygens (including phenoxy) is 3. The van der Waals surface area contributed by atoms with Crippen LogP contribution in [0, 0.1) is 25.2 Å². The highest BCUT2D eigenvalue weighted by atomic mass is 32.1. The van der Waals surface area contributed by atoms with Crippen molar-refractivity contribution in [3.05, 3.63) is 44.3 Å². The van der Waals surface area contributed by atoms with E-state index < -0.39 is 0 Å². The zero-order valence-corrected chi connectivity index (χ0v) is 17.0. The minimum atomic E-state index is -0.262. The summed E-state index contributed by atoms with van der Waals surface area (Å²) in [7, 11) is 4.58. The molecule has 0 saturated heterocycles. The van der Waals surface area contributed by atoms with Crippen LogP contribution in [0.1, 0.15) is 21.8 Å². The molecule has 0 aliphatic rings. The Hall–Kier alpha value is -3.31. The molecule has 0 aliphatic heterocycles. The highest BCUT2D eigenvalue weighted by molar-refractivity contribution is 7.18. The van der Waals surface area contributed by atoms with E-state index in [2.05, 4.69) is 16.0 Å². The van der Waals surface area contributed by atoms with E-state index in [4.69, 9.17) is 14.2 Å². The lowest BCUT2D eigenvalue weighted by atomic mass is 10.1. The molecule has 0 aliphatic carbocycles. The fraction of sp³-hybridized carbons (Fsp3) is 0.250. The summed E-state index contributed by atoms with van der Waals surface area (Å²) in [4.78, 5) is 21.4. The van der Waals surface area contributed by atoms with Crippen LogP contribution in [0.15, 0.2) is 16.9 Å². The van der Waals surface area contributed by atoms with Gasteiger partial charge in [-0.25, -0.2) is 4.98 Å². The Kier molecular flexibility index (Phi) is 5.38. The summed E-state index contributed by atoms with van der Waals surface area (Å²) < 4.78 is 16.0. The molecular weight excluding hydrogens is 378 g/mol. The average molecular weight is 397 g/mol. The van der Waals surface area contributed by atoms with E-state index in [1.807, 2.05) is 13.8 Å². The molecule has 0 bridgehead atoms. The third-order valence-corrected chi connectivity index (χ3v) is 5.55. The molecule has 28 heavy (non-hydrogen) atoms. The third-order valence-electron chi connectivity index (χ3n) is 4.45. The number of nitriles is 1. The molecule has 3 rings (SSSR count). The number of nitrogens with one attached hydrogen (secondary N) is 1. The zero-order valence-electron chi connectivity index (χ0n) is 16.2. The molecule has 0 fully saturated rings. The summed E-state index contributed by atoms with van der Waals surface area (Å²) >= 11 is 1.43. The van der Waals surface area contributed by atoms with E-state index in [1.54, 1.807) is 18.2 Å². The minimum absolute atomic E-state index is 0.202. The van der Waals surface area contributed by atoms with E-state index in [0.29, 0.717) is 33.0 Å². The summed E-state index contributed by atoms with van der Waals surface area (Å²) in [5, 5.41) is 10.2. The lowest BCUT2D eigenvalue weighted by Crippen LogP contribution is -2.10. The highest BCUT2D eigenvalue weighted by Crippen LogP contribution is 2.36. The number of aromatic amines is 1. The molecule has 0 radical (unpaired) electrons. The van der Waals surface area contributed by atoms with Crippen LogP contribution in [-0.2, 0) is 0 Å². The number of aromatic nitrogens is 2. The summed E-state index contributed by atoms with van der Waals surface area (Å²) in [5.41, 5.74) is 1.44. The Morgan fingerprint density at radius 2 is 1.79 bits per heavy atom. The Bertz CT molecular complexity index is 1180. The van der Waals surface area contributed by atoms with Gasteiger partial charge in [-0.05, 0) is 31.6 Å². The predicted molar refractivity (Wildman–Crippen MR) is 109 cm³/mol. The van der Waals surface area contributed by atoms with Gasteiger partial charge in [0.15, 0.2) is 17.3 Å². The molecule has 8 heteroatoms. The lowest BCUT2D eigenvalue weighted by molar-refractivity contribution is 0.348. The third kappa shape index (κ3) is 3.32. The Morgan fingerprint density at radius 3 is 2.39 bits per heavy atom. The summed E-state index contributed by atoms with van der Waals surface area (Å²) in [5.74, 6) is 1.70. The zero-order chi connectivity index (χ0) is 20.4. The van der Waals surface area contributed by atoms with Crippen LogP contribution in [0.4, 0.5) is 0 Å². The van der Waals surface area contributed by atoms with E-state index in [9.17, 15) is 10.1 Å². The van der Waals surface area contributed by atoms with Gasteiger partial charge in [-0.1, -0.05) is 0 Å². The van der Waals surface area contributed by atoms with Gasteiger partial charge in [-0.2, -0.15) is 5.26 Å². The van der Waals surface area contributed by atoms with Gasteiger partial charge >= 0.3 is 0 Å². The fourth-order valence-corrected chi connectivity index (χ4v) is 3.89.